The number of hydrogen-bond acceptors (Lipinski definition) is 4. The van der Waals surface area contributed by atoms with Gasteiger partial charge in [0.15, 0.2) is 0 Å². The van der Waals surface area contributed by atoms with E-state index in [4.69, 9.17) is 28.3 Å². The molecule has 37 heavy (non-hydrogen) atoms. The fraction of sp³-hybridized carbons (Fsp3) is 0.214. The molecule has 4 aliphatic rings. The fourth-order valence-corrected chi connectivity index (χ4v) is 7.21. The number of carbonyl (C=O) groups excluding carboxylic acids is 3. The van der Waals surface area contributed by atoms with Crippen molar-refractivity contribution < 1.29 is 24.3 Å². The van der Waals surface area contributed by atoms with Crippen molar-refractivity contribution in [2.24, 2.45) is 11.8 Å². The molecule has 3 aliphatic carbocycles. The van der Waals surface area contributed by atoms with Crippen molar-refractivity contribution >= 4 is 52.6 Å². The number of rotatable bonds is 5. The van der Waals surface area contributed by atoms with E-state index in [2.05, 4.69) is 5.32 Å². The quantitative estimate of drug-likeness (QED) is 0.375. The molecule has 3 aromatic rings. The van der Waals surface area contributed by atoms with E-state index in [0.717, 1.165) is 4.90 Å². The average Bonchev–Trinajstić information content (AvgIpc) is 3.16. The van der Waals surface area contributed by atoms with Crippen LogP contribution >= 0.6 is 23.2 Å². The minimum atomic E-state index is -1.27. The summed E-state index contributed by atoms with van der Waals surface area (Å²) >= 11 is 14.7. The van der Waals surface area contributed by atoms with Gasteiger partial charge in [-0.2, -0.15) is 0 Å². The second-order valence-corrected chi connectivity index (χ2v) is 10.7. The minimum Gasteiger partial charge on any atom is -0.478 e. The molecule has 0 saturated carbocycles. The van der Waals surface area contributed by atoms with E-state index in [1.54, 1.807) is 6.07 Å². The Balaban J connectivity index is 1.31. The van der Waals surface area contributed by atoms with Gasteiger partial charge in [0, 0.05) is 18.7 Å². The molecule has 2 bridgehead atoms. The Kier molecular flexibility index (Phi) is 5.23. The van der Waals surface area contributed by atoms with E-state index >= 15 is 0 Å². The lowest BCUT2D eigenvalue weighted by Crippen LogP contribution is -2.57. The van der Waals surface area contributed by atoms with Crippen LogP contribution < -0.4 is 5.32 Å². The number of nitrogens with zero attached hydrogens (tertiary/aromatic N) is 1. The van der Waals surface area contributed by atoms with Gasteiger partial charge >= 0.3 is 5.97 Å². The molecule has 7 rings (SSSR count). The lowest BCUT2D eigenvalue weighted by Gasteiger charge is -2.54. The van der Waals surface area contributed by atoms with Gasteiger partial charge in [-0.05, 0) is 40.5 Å². The summed E-state index contributed by atoms with van der Waals surface area (Å²) in [5.41, 5.74) is 3.19. The highest BCUT2D eigenvalue weighted by atomic mass is 35.5. The SMILES string of the molecule is O=C(CCN1C(=O)[C@H]2[C@H](C1=O)C1(Cl)c3ccccc3C2(Cl)c2ccccc21)Nc1cccc(C(=O)O)c1. The van der Waals surface area contributed by atoms with Crippen LogP contribution in [0.5, 0.6) is 0 Å². The van der Waals surface area contributed by atoms with Gasteiger partial charge in [-0.3, -0.25) is 19.3 Å². The van der Waals surface area contributed by atoms with Gasteiger partial charge in [0.05, 0.1) is 17.4 Å². The minimum absolute atomic E-state index is 0.0289. The third-order valence-electron chi connectivity index (χ3n) is 7.63. The molecule has 0 unspecified atom stereocenters. The van der Waals surface area contributed by atoms with E-state index in [0.29, 0.717) is 27.9 Å². The Morgan fingerprint density at radius 2 is 1.30 bits per heavy atom. The normalized spacial score (nSPS) is 26.9. The first-order valence-corrected chi connectivity index (χ1v) is 12.5. The first kappa shape index (κ1) is 23.7. The first-order chi connectivity index (χ1) is 17.7. The number of imide groups is 1. The van der Waals surface area contributed by atoms with Crippen LogP contribution in [-0.2, 0) is 24.1 Å². The maximum absolute atomic E-state index is 13.8. The molecule has 0 spiro atoms. The lowest BCUT2D eigenvalue weighted by molar-refractivity contribution is -0.140. The van der Waals surface area contributed by atoms with Gasteiger partial charge in [-0.1, -0.05) is 54.6 Å². The van der Waals surface area contributed by atoms with Crippen molar-refractivity contribution in [3.8, 4) is 0 Å². The second-order valence-electron chi connectivity index (χ2n) is 9.48. The van der Waals surface area contributed by atoms with E-state index in [-0.39, 0.29) is 18.5 Å². The van der Waals surface area contributed by atoms with Crippen molar-refractivity contribution in [1.29, 1.82) is 0 Å². The van der Waals surface area contributed by atoms with Crippen LogP contribution in [0.4, 0.5) is 5.69 Å². The van der Waals surface area contributed by atoms with Crippen molar-refractivity contribution in [3.05, 3.63) is 101 Å². The van der Waals surface area contributed by atoms with Gasteiger partial charge in [-0.25, -0.2) is 4.79 Å². The summed E-state index contributed by atoms with van der Waals surface area (Å²) in [6.07, 6.45) is -0.168. The van der Waals surface area contributed by atoms with Gasteiger partial charge in [0.2, 0.25) is 17.7 Å². The Labute approximate surface area is 222 Å². The lowest BCUT2D eigenvalue weighted by atomic mass is 9.54. The monoisotopic (exact) mass is 534 g/mol. The molecule has 0 radical (unpaired) electrons. The summed E-state index contributed by atoms with van der Waals surface area (Å²) < 4.78 is 0. The number of benzene rings is 3. The second kappa shape index (κ2) is 8.16. The third kappa shape index (κ3) is 3.14. The molecule has 2 atom stereocenters. The predicted molar refractivity (Wildman–Crippen MR) is 136 cm³/mol. The zero-order valence-electron chi connectivity index (χ0n) is 19.3. The molecule has 9 heteroatoms. The van der Waals surface area contributed by atoms with Crippen molar-refractivity contribution in [1.82, 2.24) is 4.90 Å². The van der Waals surface area contributed by atoms with Crippen molar-refractivity contribution in [2.75, 3.05) is 11.9 Å². The highest BCUT2D eigenvalue weighted by Gasteiger charge is 2.72. The van der Waals surface area contributed by atoms with Crippen LogP contribution in [0.1, 0.15) is 39.0 Å². The molecule has 3 aromatic carbocycles. The summed E-state index contributed by atoms with van der Waals surface area (Å²) in [6, 6.07) is 20.6. The van der Waals surface area contributed by atoms with Crippen LogP contribution in [0.25, 0.3) is 0 Å². The molecule has 186 valence electrons. The molecule has 3 amide bonds. The summed E-state index contributed by atoms with van der Waals surface area (Å²) in [5, 5.41) is 11.8. The molecule has 2 N–H and O–H groups in total. The number of halogens is 2. The zero-order valence-corrected chi connectivity index (χ0v) is 20.8. The maximum Gasteiger partial charge on any atom is 0.335 e. The molecular formula is C28H20Cl2N2O5. The third-order valence-corrected chi connectivity index (χ3v) is 8.92. The zero-order chi connectivity index (χ0) is 26.1. The Hall–Kier alpha value is -3.68. The summed E-state index contributed by atoms with van der Waals surface area (Å²) in [5.74, 6) is -4.33. The van der Waals surface area contributed by atoms with Gasteiger partial charge in [0.25, 0.3) is 0 Å². The van der Waals surface area contributed by atoms with Crippen LogP contribution in [-0.4, -0.2) is 40.2 Å². The Bertz CT molecular complexity index is 1400. The van der Waals surface area contributed by atoms with Gasteiger partial charge < -0.3 is 10.4 Å². The van der Waals surface area contributed by atoms with E-state index in [1.165, 1.54) is 18.2 Å². The number of alkyl halides is 2. The average molecular weight is 535 g/mol. The topological polar surface area (TPSA) is 104 Å². The number of anilines is 1. The van der Waals surface area contributed by atoms with E-state index in [9.17, 15) is 19.2 Å². The predicted octanol–water partition coefficient (Wildman–Crippen LogP) is 4.31. The number of hydrogen-bond donors (Lipinski definition) is 2. The van der Waals surface area contributed by atoms with E-state index < -0.39 is 45.3 Å². The number of likely N-dealkylation sites (tertiary alicyclic amines) is 1. The summed E-state index contributed by atoms with van der Waals surface area (Å²) in [6.45, 7) is -0.151. The number of amides is 3. The van der Waals surface area contributed by atoms with Crippen LogP contribution in [0.15, 0.2) is 72.8 Å². The smallest absolute Gasteiger partial charge is 0.335 e. The molecule has 7 nitrogen and oxygen atoms in total. The maximum atomic E-state index is 13.8. The number of carbonyl (C=O) groups is 4. The van der Waals surface area contributed by atoms with Crippen molar-refractivity contribution in [3.63, 3.8) is 0 Å². The van der Waals surface area contributed by atoms with Crippen LogP contribution in [0.3, 0.4) is 0 Å². The number of aromatic carboxylic acids is 1. The standard InChI is InChI=1S/C28H20Cl2N2O5/c29-27-17-8-1-2-9-18(17)28(30,20-11-4-3-10-19(20)27)23-22(27)24(34)32(25(23)35)13-12-21(33)31-16-7-5-6-15(14-16)26(36)37/h1-11,14,22-23H,12-13H2,(H,31,33)(H,36,37)/t22-,23-,27?,28?/m1/s1. The Morgan fingerprint density at radius 1 is 0.811 bits per heavy atom. The first-order valence-electron chi connectivity index (χ1n) is 11.7. The molecule has 1 saturated heterocycles. The molecule has 1 aliphatic heterocycles. The van der Waals surface area contributed by atoms with Crippen molar-refractivity contribution in [2.45, 2.75) is 16.2 Å². The van der Waals surface area contributed by atoms with Crippen LogP contribution in [0.2, 0.25) is 0 Å². The highest BCUT2D eigenvalue weighted by Crippen LogP contribution is 2.69. The summed E-state index contributed by atoms with van der Waals surface area (Å²) in [7, 11) is 0. The number of carboxylic acid groups (broad SMARTS) is 1. The number of carboxylic acids is 1. The molecule has 1 heterocycles. The van der Waals surface area contributed by atoms with E-state index in [1.807, 2.05) is 48.5 Å². The molecular weight excluding hydrogens is 515 g/mol. The van der Waals surface area contributed by atoms with Crippen LogP contribution in [0, 0.1) is 11.8 Å². The van der Waals surface area contributed by atoms with Gasteiger partial charge in [0.1, 0.15) is 9.75 Å². The molecule has 1 fully saturated rings. The Morgan fingerprint density at radius 3 is 1.76 bits per heavy atom. The highest BCUT2D eigenvalue weighted by molar-refractivity contribution is 6.36. The van der Waals surface area contributed by atoms with Gasteiger partial charge in [-0.15, -0.1) is 23.2 Å². The summed E-state index contributed by atoms with van der Waals surface area (Å²) in [4.78, 5) is 49.9. The largest absolute Gasteiger partial charge is 0.478 e. The number of nitrogens with one attached hydrogen (secondary N) is 1. The molecule has 0 aromatic heterocycles. The fourth-order valence-electron chi connectivity index (χ4n) is 6.11.